The Balaban J connectivity index is 1.68. The Labute approximate surface area is 169 Å². The fourth-order valence-corrected chi connectivity index (χ4v) is 3.39. The van der Waals surface area contributed by atoms with Crippen LogP contribution in [0.25, 0.3) is 0 Å². The van der Waals surface area contributed by atoms with Gasteiger partial charge < -0.3 is 9.64 Å². The molecular weight excluding hydrogens is 364 g/mol. The van der Waals surface area contributed by atoms with E-state index < -0.39 is 0 Å². The van der Waals surface area contributed by atoms with Gasteiger partial charge in [0.25, 0.3) is 0 Å². The summed E-state index contributed by atoms with van der Waals surface area (Å²) in [5.74, 6) is 0.336. The first-order chi connectivity index (χ1) is 14.2. The van der Waals surface area contributed by atoms with Gasteiger partial charge in [0, 0.05) is 16.7 Å². The summed E-state index contributed by atoms with van der Waals surface area (Å²) in [7, 11) is 1.58. The van der Waals surface area contributed by atoms with Crippen molar-refractivity contribution < 1.29 is 14.3 Å². The van der Waals surface area contributed by atoms with E-state index in [0.717, 1.165) is 16.8 Å². The summed E-state index contributed by atoms with van der Waals surface area (Å²) in [6, 6.07) is 24.2. The number of hydrogen-bond donors (Lipinski definition) is 0. The fourth-order valence-electron chi connectivity index (χ4n) is 3.39. The first-order valence-electron chi connectivity index (χ1n) is 9.34. The van der Waals surface area contributed by atoms with Gasteiger partial charge in [-0.15, -0.1) is 0 Å². The van der Waals surface area contributed by atoms with Gasteiger partial charge >= 0.3 is 0 Å². The van der Waals surface area contributed by atoms with Crippen LogP contribution in [0.5, 0.6) is 5.75 Å². The lowest BCUT2D eigenvalue weighted by Crippen LogP contribution is -2.37. The number of aliphatic imine (C=N–C) groups is 1. The number of benzene rings is 3. The molecule has 1 aliphatic rings. The van der Waals surface area contributed by atoms with E-state index in [1.165, 1.54) is 4.90 Å². The van der Waals surface area contributed by atoms with Gasteiger partial charge in [-0.2, -0.15) is 0 Å². The number of benzodiazepines with no additional fused rings is 1. The molecule has 4 rings (SSSR count). The van der Waals surface area contributed by atoms with Gasteiger partial charge in [0.1, 0.15) is 12.3 Å². The molecule has 29 heavy (non-hydrogen) atoms. The summed E-state index contributed by atoms with van der Waals surface area (Å²) in [4.78, 5) is 31.8. The highest BCUT2D eigenvalue weighted by molar-refractivity contribution is 6.20. The predicted octanol–water partition coefficient (Wildman–Crippen LogP) is 3.76. The van der Waals surface area contributed by atoms with E-state index in [4.69, 9.17) is 4.74 Å². The number of amides is 1. The molecule has 5 heteroatoms. The lowest BCUT2D eigenvalue weighted by molar-refractivity contribution is -0.117. The van der Waals surface area contributed by atoms with E-state index in [0.29, 0.717) is 17.0 Å². The number of Topliss-reactive ketones (excluding diaryl/α,β-unsaturated/α-hetero) is 1. The molecule has 0 radical (unpaired) electrons. The molecule has 0 bridgehead atoms. The van der Waals surface area contributed by atoms with Crippen LogP contribution >= 0.6 is 0 Å². The Morgan fingerprint density at radius 2 is 1.66 bits per heavy atom. The maximum atomic E-state index is 12.9. The zero-order valence-corrected chi connectivity index (χ0v) is 16.0. The third-order valence-corrected chi connectivity index (χ3v) is 4.88. The molecule has 0 saturated heterocycles. The van der Waals surface area contributed by atoms with Crippen LogP contribution in [0, 0.1) is 0 Å². The number of ketones is 1. The number of ether oxygens (including phenoxy) is 1. The molecule has 0 saturated carbocycles. The molecule has 5 nitrogen and oxygen atoms in total. The van der Waals surface area contributed by atoms with E-state index >= 15 is 0 Å². The van der Waals surface area contributed by atoms with E-state index in [1.807, 2.05) is 54.6 Å². The van der Waals surface area contributed by atoms with Crippen molar-refractivity contribution in [3.8, 4) is 5.75 Å². The first kappa shape index (κ1) is 18.6. The summed E-state index contributed by atoms with van der Waals surface area (Å²) in [5.41, 5.74) is 3.76. The Bertz CT molecular complexity index is 1070. The van der Waals surface area contributed by atoms with Crippen LogP contribution in [0.15, 0.2) is 83.9 Å². The average Bonchev–Trinajstić information content (AvgIpc) is 2.91. The zero-order valence-electron chi connectivity index (χ0n) is 16.0. The molecule has 1 aliphatic heterocycles. The highest BCUT2D eigenvalue weighted by Crippen LogP contribution is 2.27. The second-order valence-electron chi connectivity index (χ2n) is 6.68. The second kappa shape index (κ2) is 8.10. The van der Waals surface area contributed by atoms with Crippen LogP contribution in [-0.4, -0.2) is 37.6 Å². The number of para-hydroxylation sites is 1. The summed E-state index contributed by atoms with van der Waals surface area (Å²) in [6.07, 6.45) is 0. The number of nitrogens with zero attached hydrogens (tertiary/aromatic N) is 2. The molecular formula is C24H20N2O3. The van der Waals surface area contributed by atoms with Gasteiger partial charge in [-0.1, -0.05) is 48.5 Å². The standard InChI is InChI=1S/C24H20N2O3/c1-29-19-13-11-17(12-14-19)22(27)16-26-21-10-6-5-9-20(21)24(25-15-23(26)28)18-7-3-2-4-8-18/h2-14H,15-16H2,1H3. The maximum Gasteiger partial charge on any atom is 0.249 e. The molecule has 0 atom stereocenters. The van der Waals surface area contributed by atoms with Crippen molar-refractivity contribution in [2.75, 3.05) is 25.1 Å². The SMILES string of the molecule is COc1ccc(C(=O)CN2C(=O)CN=C(c3ccccc3)c3ccccc32)cc1. The monoisotopic (exact) mass is 384 g/mol. The molecule has 0 aromatic heterocycles. The van der Waals surface area contributed by atoms with Crippen molar-refractivity contribution in [1.29, 1.82) is 0 Å². The highest BCUT2D eigenvalue weighted by atomic mass is 16.5. The van der Waals surface area contributed by atoms with E-state index in [1.54, 1.807) is 31.4 Å². The fraction of sp³-hybridized carbons (Fsp3) is 0.125. The first-order valence-corrected chi connectivity index (χ1v) is 9.34. The van der Waals surface area contributed by atoms with Crippen LogP contribution < -0.4 is 9.64 Å². The third-order valence-electron chi connectivity index (χ3n) is 4.88. The normalized spacial score (nSPS) is 13.3. The number of fused-ring (bicyclic) bond motifs is 1. The Morgan fingerprint density at radius 1 is 0.966 bits per heavy atom. The Morgan fingerprint density at radius 3 is 2.38 bits per heavy atom. The van der Waals surface area contributed by atoms with Crippen molar-refractivity contribution in [2.45, 2.75) is 0 Å². The molecule has 0 unspecified atom stereocenters. The van der Waals surface area contributed by atoms with E-state index in [2.05, 4.69) is 4.99 Å². The number of carbonyl (C=O) groups excluding carboxylic acids is 2. The summed E-state index contributed by atoms with van der Waals surface area (Å²) < 4.78 is 5.14. The minimum atomic E-state index is -0.203. The summed E-state index contributed by atoms with van der Waals surface area (Å²) >= 11 is 0. The highest BCUT2D eigenvalue weighted by Gasteiger charge is 2.26. The Hall–Kier alpha value is -3.73. The van der Waals surface area contributed by atoms with Crippen LogP contribution in [0.2, 0.25) is 0 Å². The molecule has 1 amide bonds. The molecule has 1 heterocycles. The minimum absolute atomic E-state index is 0.00516. The molecule has 3 aromatic carbocycles. The number of carbonyl (C=O) groups is 2. The van der Waals surface area contributed by atoms with Gasteiger partial charge in [0.15, 0.2) is 5.78 Å². The Kier molecular flexibility index (Phi) is 5.20. The quantitative estimate of drug-likeness (QED) is 0.630. The number of anilines is 1. The van der Waals surface area contributed by atoms with Crippen LogP contribution in [0.3, 0.4) is 0 Å². The van der Waals surface area contributed by atoms with Crippen molar-refractivity contribution in [3.63, 3.8) is 0 Å². The maximum absolute atomic E-state index is 12.9. The van der Waals surface area contributed by atoms with Crippen molar-refractivity contribution in [3.05, 3.63) is 95.6 Å². The molecule has 3 aromatic rings. The summed E-state index contributed by atoms with van der Waals surface area (Å²) in [5, 5.41) is 0. The van der Waals surface area contributed by atoms with Gasteiger partial charge in [0.05, 0.1) is 25.1 Å². The molecule has 0 spiro atoms. The average molecular weight is 384 g/mol. The molecule has 0 fully saturated rings. The number of methoxy groups -OCH3 is 1. The van der Waals surface area contributed by atoms with Gasteiger partial charge in [-0.05, 0) is 30.3 Å². The van der Waals surface area contributed by atoms with Gasteiger partial charge in [-0.25, -0.2) is 0 Å². The topological polar surface area (TPSA) is 59.0 Å². The second-order valence-corrected chi connectivity index (χ2v) is 6.68. The zero-order chi connectivity index (χ0) is 20.2. The minimum Gasteiger partial charge on any atom is -0.497 e. The molecule has 0 aliphatic carbocycles. The van der Waals surface area contributed by atoms with Crippen LogP contribution in [0.1, 0.15) is 21.5 Å². The van der Waals surface area contributed by atoms with E-state index in [-0.39, 0.29) is 24.8 Å². The van der Waals surface area contributed by atoms with Crippen LogP contribution in [0.4, 0.5) is 5.69 Å². The number of rotatable bonds is 5. The largest absolute Gasteiger partial charge is 0.497 e. The number of hydrogen-bond acceptors (Lipinski definition) is 4. The lowest BCUT2D eigenvalue weighted by atomic mass is 10.00. The van der Waals surface area contributed by atoms with Gasteiger partial charge in [0.2, 0.25) is 5.91 Å². The van der Waals surface area contributed by atoms with Crippen LogP contribution in [-0.2, 0) is 4.79 Å². The van der Waals surface area contributed by atoms with Gasteiger partial charge in [-0.3, -0.25) is 14.6 Å². The van der Waals surface area contributed by atoms with Crippen molar-refractivity contribution >= 4 is 23.1 Å². The summed E-state index contributed by atoms with van der Waals surface area (Å²) in [6.45, 7) is -0.0471. The molecule has 0 N–H and O–H groups in total. The smallest absolute Gasteiger partial charge is 0.249 e. The predicted molar refractivity (Wildman–Crippen MR) is 113 cm³/mol. The van der Waals surface area contributed by atoms with Crippen molar-refractivity contribution in [1.82, 2.24) is 0 Å². The molecule has 144 valence electrons. The van der Waals surface area contributed by atoms with Crippen molar-refractivity contribution in [2.24, 2.45) is 4.99 Å². The lowest BCUT2D eigenvalue weighted by Gasteiger charge is -2.22. The van der Waals surface area contributed by atoms with E-state index in [9.17, 15) is 9.59 Å². The third kappa shape index (κ3) is 3.80.